The van der Waals surface area contributed by atoms with Crippen LogP contribution in [0.3, 0.4) is 0 Å². The van der Waals surface area contributed by atoms with Gasteiger partial charge in [-0.1, -0.05) is 18.2 Å². The Labute approximate surface area is 121 Å². The van der Waals surface area contributed by atoms with E-state index in [9.17, 15) is 0 Å². The first-order valence-electron chi connectivity index (χ1n) is 7.40. The third-order valence-corrected chi connectivity index (χ3v) is 3.45. The second-order valence-corrected chi connectivity index (χ2v) is 5.09. The van der Waals surface area contributed by atoms with Gasteiger partial charge in [0.1, 0.15) is 5.75 Å². The van der Waals surface area contributed by atoms with E-state index in [2.05, 4.69) is 6.58 Å². The molecule has 3 heteroatoms. The molecule has 0 unspecified atom stereocenters. The highest BCUT2D eigenvalue weighted by molar-refractivity contribution is 5.28. The summed E-state index contributed by atoms with van der Waals surface area (Å²) in [5.41, 5.74) is 1.05. The zero-order valence-electron chi connectivity index (χ0n) is 12.2. The highest BCUT2D eigenvalue weighted by Crippen LogP contribution is 2.28. The first-order chi connectivity index (χ1) is 9.83. The van der Waals surface area contributed by atoms with Gasteiger partial charge in [0.05, 0.1) is 19.8 Å². The minimum absolute atomic E-state index is 0.235. The molecule has 1 heterocycles. The number of benzene rings is 1. The SMILES string of the molecule is C=CCCC[C@H]1CO[C@H](c2ccc(OCC)cc2)OC1. The maximum Gasteiger partial charge on any atom is 0.183 e. The van der Waals surface area contributed by atoms with Crippen LogP contribution in [0.4, 0.5) is 0 Å². The van der Waals surface area contributed by atoms with Gasteiger partial charge in [0.15, 0.2) is 6.29 Å². The van der Waals surface area contributed by atoms with Gasteiger partial charge >= 0.3 is 0 Å². The van der Waals surface area contributed by atoms with Crippen molar-refractivity contribution >= 4 is 0 Å². The Bertz CT molecular complexity index is 391. The van der Waals surface area contributed by atoms with Crippen LogP contribution in [0.2, 0.25) is 0 Å². The standard InChI is InChI=1S/C17H24O3/c1-3-5-6-7-14-12-19-17(20-13-14)15-8-10-16(11-9-15)18-4-2/h3,8-11,14,17H,1,4-7,12-13H2,2H3/t14-,17-. The summed E-state index contributed by atoms with van der Waals surface area (Å²) in [4.78, 5) is 0. The Kier molecular flexibility index (Phi) is 6.09. The molecule has 2 rings (SSSR count). The van der Waals surface area contributed by atoms with Crippen LogP contribution in [0.15, 0.2) is 36.9 Å². The smallest absolute Gasteiger partial charge is 0.183 e. The molecule has 110 valence electrons. The van der Waals surface area contributed by atoms with E-state index in [0.717, 1.165) is 43.8 Å². The van der Waals surface area contributed by atoms with Crippen LogP contribution in [-0.2, 0) is 9.47 Å². The van der Waals surface area contributed by atoms with E-state index in [1.165, 1.54) is 0 Å². The largest absolute Gasteiger partial charge is 0.494 e. The predicted octanol–water partition coefficient (Wildman–Crippen LogP) is 4.10. The number of hydrogen-bond donors (Lipinski definition) is 0. The summed E-state index contributed by atoms with van der Waals surface area (Å²) in [6.07, 6.45) is 5.10. The Balaban J connectivity index is 1.79. The molecule has 0 spiro atoms. The fourth-order valence-corrected chi connectivity index (χ4v) is 2.34. The van der Waals surface area contributed by atoms with Crippen molar-refractivity contribution in [2.45, 2.75) is 32.5 Å². The van der Waals surface area contributed by atoms with Crippen molar-refractivity contribution in [3.8, 4) is 5.75 Å². The van der Waals surface area contributed by atoms with Gasteiger partial charge in [-0.15, -0.1) is 6.58 Å². The van der Waals surface area contributed by atoms with Crippen LogP contribution in [0.5, 0.6) is 5.75 Å². The molecule has 0 saturated carbocycles. The molecule has 0 aliphatic carbocycles. The lowest BCUT2D eigenvalue weighted by molar-refractivity contribution is -0.206. The molecule has 0 radical (unpaired) electrons. The Morgan fingerprint density at radius 2 is 1.95 bits per heavy atom. The number of rotatable bonds is 7. The summed E-state index contributed by atoms with van der Waals surface area (Å²) in [6.45, 7) is 7.95. The van der Waals surface area contributed by atoms with Gasteiger partial charge in [-0.3, -0.25) is 0 Å². The average molecular weight is 276 g/mol. The van der Waals surface area contributed by atoms with E-state index in [4.69, 9.17) is 14.2 Å². The topological polar surface area (TPSA) is 27.7 Å². The summed E-state index contributed by atoms with van der Waals surface area (Å²) < 4.78 is 17.1. The van der Waals surface area contributed by atoms with Gasteiger partial charge in [-0.05, 0) is 38.3 Å². The molecule has 0 atom stereocenters. The minimum atomic E-state index is -0.235. The number of hydrogen-bond acceptors (Lipinski definition) is 3. The van der Waals surface area contributed by atoms with E-state index >= 15 is 0 Å². The fourth-order valence-electron chi connectivity index (χ4n) is 2.34. The lowest BCUT2D eigenvalue weighted by atomic mass is 10.0. The molecule has 1 aromatic carbocycles. The lowest BCUT2D eigenvalue weighted by Crippen LogP contribution is -2.27. The number of allylic oxidation sites excluding steroid dienone is 1. The molecule has 1 fully saturated rings. The second kappa shape index (κ2) is 8.08. The van der Waals surface area contributed by atoms with E-state index in [-0.39, 0.29) is 6.29 Å². The monoisotopic (exact) mass is 276 g/mol. The summed E-state index contributed by atoms with van der Waals surface area (Å²) in [5.74, 6) is 1.39. The molecule has 20 heavy (non-hydrogen) atoms. The third kappa shape index (κ3) is 4.36. The number of ether oxygens (including phenoxy) is 3. The molecule has 1 aliphatic rings. The summed E-state index contributed by atoms with van der Waals surface area (Å²) in [7, 11) is 0. The van der Waals surface area contributed by atoms with Crippen molar-refractivity contribution < 1.29 is 14.2 Å². The average Bonchev–Trinajstić information content (AvgIpc) is 2.49. The van der Waals surface area contributed by atoms with Crippen molar-refractivity contribution in [3.05, 3.63) is 42.5 Å². The Morgan fingerprint density at radius 3 is 2.55 bits per heavy atom. The van der Waals surface area contributed by atoms with Gasteiger partial charge < -0.3 is 14.2 Å². The minimum Gasteiger partial charge on any atom is -0.494 e. The van der Waals surface area contributed by atoms with Crippen molar-refractivity contribution in [3.63, 3.8) is 0 Å². The first kappa shape index (κ1) is 15.1. The first-order valence-corrected chi connectivity index (χ1v) is 7.40. The van der Waals surface area contributed by atoms with Gasteiger partial charge in [0.2, 0.25) is 0 Å². The zero-order chi connectivity index (χ0) is 14.2. The van der Waals surface area contributed by atoms with Crippen LogP contribution >= 0.6 is 0 Å². The van der Waals surface area contributed by atoms with Crippen molar-refractivity contribution in [1.82, 2.24) is 0 Å². The van der Waals surface area contributed by atoms with Crippen LogP contribution < -0.4 is 4.74 Å². The molecule has 0 bridgehead atoms. The lowest BCUT2D eigenvalue weighted by Gasteiger charge is -2.29. The molecule has 0 amide bonds. The zero-order valence-corrected chi connectivity index (χ0v) is 12.2. The molecule has 1 aromatic rings. The number of unbranched alkanes of at least 4 members (excludes halogenated alkanes) is 1. The maximum atomic E-state index is 5.82. The quantitative estimate of drug-likeness (QED) is 0.554. The fraction of sp³-hybridized carbons (Fsp3) is 0.529. The summed E-state index contributed by atoms with van der Waals surface area (Å²) in [6, 6.07) is 7.94. The Hall–Kier alpha value is -1.32. The maximum absolute atomic E-state index is 5.82. The van der Waals surface area contributed by atoms with Crippen LogP contribution in [-0.4, -0.2) is 19.8 Å². The summed E-state index contributed by atoms with van der Waals surface area (Å²) in [5, 5.41) is 0. The molecule has 3 nitrogen and oxygen atoms in total. The van der Waals surface area contributed by atoms with Gasteiger partial charge in [0.25, 0.3) is 0 Å². The van der Waals surface area contributed by atoms with E-state index < -0.39 is 0 Å². The predicted molar refractivity (Wildman–Crippen MR) is 79.8 cm³/mol. The van der Waals surface area contributed by atoms with Crippen LogP contribution in [0, 0.1) is 5.92 Å². The van der Waals surface area contributed by atoms with Crippen LogP contribution in [0.1, 0.15) is 38.0 Å². The van der Waals surface area contributed by atoms with Crippen molar-refractivity contribution in [1.29, 1.82) is 0 Å². The third-order valence-electron chi connectivity index (χ3n) is 3.45. The molecule has 0 N–H and O–H groups in total. The second-order valence-electron chi connectivity index (χ2n) is 5.09. The van der Waals surface area contributed by atoms with Crippen LogP contribution in [0.25, 0.3) is 0 Å². The van der Waals surface area contributed by atoms with Gasteiger partial charge in [-0.25, -0.2) is 0 Å². The van der Waals surface area contributed by atoms with Crippen molar-refractivity contribution in [2.24, 2.45) is 5.92 Å². The van der Waals surface area contributed by atoms with E-state index in [1.54, 1.807) is 0 Å². The molecule has 0 aromatic heterocycles. The summed E-state index contributed by atoms with van der Waals surface area (Å²) >= 11 is 0. The van der Waals surface area contributed by atoms with E-state index in [1.807, 2.05) is 37.3 Å². The molecular formula is C17H24O3. The van der Waals surface area contributed by atoms with Gasteiger partial charge in [-0.2, -0.15) is 0 Å². The molecular weight excluding hydrogens is 252 g/mol. The molecule has 1 aliphatic heterocycles. The highest BCUT2D eigenvalue weighted by atomic mass is 16.7. The molecule has 1 saturated heterocycles. The van der Waals surface area contributed by atoms with Crippen molar-refractivity contribution in [2.75, 3.05) is 19.8 Å². The Morgan fingerprint density at radius 1 is 1.25 bits per heavy atom. The van der Waals surface area contributed by atoms with E-state index in [0.29, 0.717) is 12.5 Å². The highest BCUT2D eigenvalue weighted by Gasteiger charge is 2.23. The normalized spacial score (nSPS) is 22.4. The van der Waals surface area contributed by atoms with Gasteiger partial charge in [0, 0.05) is 11.5 Å².